The van der Waals surface area contributed by atoms with Gasteiger partial charge in [-0.05, 0) is 12.8 Å². The fourth-order valence-electron chi connectivity index (χ4n) is 2.55. The van der Waals surface area contributed by atoms with Crippen LogP contribution in [-0.2, 0) is 22.4 Å². The number of nitrogens with two attached hydrogens (primary N) is 1. The van der Waals surface area contributed by atoms with E-state index in [9.17, 15) is 4.79 Å². The third kappa shape index (κ3) is 2.87. The Bertz CT molecular complexity index is 410. The Hall–Kier alpha value is -1.43. The molecule has 0 aromatic carbocycles. The van der Waals surface area contributed by atoms with Gasteiger partial charge in [0.15, 0.2) is 0 Å². The fourth-order valence-corrected chi connectivity index (χ4v) is 2.55. The Kier molecular flexibility index (Phi) is 4.30. The van der Waals surface area contributed by atoms with Crippen LogP contribution in [-0.4, -0.2) is 34.6 Å². The monoisotopic (exact) mass is 252 g/mol. The summed E-state index contributed by atoms with van der Waals surface area (Å²) in [4.78, 5) is 11.0. The molecule has 1 amide bonds. The van der Waals surface area contributed by atoms with Gasteiger partial charge >= 0.3 is 0 Å². The second-order valence-corrected chi connectivity index (χ2v) is 4.75. The summed E-state index contributed by atoms with van der Waals surface area (Å²) < 4.78 is 7.08. The fraction of sp³-hybridized carbons (Fsp3) is 0.750. The summed E-state index contributed by atoms with van der Waals surface area (Å²) >= 11 is 0. The highest BCUT2D eigenvalue weighted by atomic mass is 16.5. The molecule has 0 unspecified atom stereocenters. The first-order valence-electron chi connectivity index (χ1n) is 6.42. The normalized spacial score (nSPS) is 16.3. The standard InChI is InChI=1S/C12H20N4O2/c1-18-7-6-11-10(8-12(13)17)14-15-16(11)9-4-2-3-5-9/h9H,2-8H2,1H3,(H2,13,17). The van der Waals surface area contributed by atoms with Gasteiger partial charge < -0.3 is 10.5 Å². The first kappa shape index (κ1) is 13.0. The molecule has 1 aliphatic rings. The first-order chi connectivity index (χ1) is 8.72. The Morgan fingerprint density at radius 1 is 1.50 bits per heavy atom. The molecule has 0 spiro atoms. The quantitative estimate of drug-likeness (QED) is 0.804. The van der Waals surface area contributed by atoms with Crippen molar-refractivity contribution < 1.29 is 9.53 Å². The molecule has 1 aromatic rings. The van der Waals surface area contributed by atoms with Crippen molar-refractivity contribution in [3.63, 3.8) is 0 Å². The predicted molar refractivity (Wildman–Crippen MR) is 66.0 cm³/mol. The van der Waals surface area contributed by atoms with E-state index in [0.29, 0.717) is 18.3 Å². The van der Waals surface area contributed by atoms with Crippen molar-refractivity contribution in [3.8, 4) is 0 Å². The van der Waals surface area contributed by atoms with E-state index in [1.165, 1.54) is 12.8 Å². The molecule has 0 bridgehead atoms. The van der Waals surface area contributed by atoms with Crippen LogP contribution < -0.4 is 5.73 Å². The number of aromatic nitrogens is 3. The van der Waals surface area contributed by atoms with E-state index >= 15 is 0 Å². The lowest BCUT2D eigenvalue weighted by Crippen LogP contribution is -2.17. The number of primary amides is 1. The summed E-state index contributed by atoms with van der Waals surface area (Å²) in [5, 5.41) is 8.32. The molecule has 1 aliphatic carbocycles. The molecule has 2 N–H and O–H groups in total. The SMILES string of the molecule is COCCc1c(CC(N)=O)nnn1C1CCCC1. The summed E-state index contributed by atoms with van der Waals surface area (Å²) in [5.41, 5.74) is 6.94. The minimum Gasteiger partial charge on any atom is -0.384 e. The number of ether oxygens (including phenoxy) is 1. The van der Waals surface area contributed by atoms with Gasteiger partial charge in [-0.1, -0.05) is 18.1 Å². The van der Waals surface area contributed by atoms with Crippen LogP contribution in [0.5, 0.6) is 0 Å². The number of carbonyl (C=O) groups excluding carboxylic acids is 1. The molecule has 1 saturated carbocycles. The number of methoxy groups -OCH3 is 1. The summed E-state index contributed by atoms with van der Waals surface area (Å²) in [5.74, 6) is -0.368. The number of hydrogen-bond acceptors (Lipinski definition) is 4. The number of carbonyl (C=O) groups is 1. The predicted octanol–water partition coefficient (Wildman–Crippen LogP) is 0.610. The third-order valence-electron chi connectivity index (χ3n) is 3.43. The molecule has 18 heavy (non-hydrogen) atoms. The Morgan fingerprint density at radius 3 is 2.83 bits per heavy atom. The lowest BCUT2D eigenvalue weighted by atomic mass is 10.1. The topological polar surface area (TPSA) is 83.0 Å². The second-order valence-electron chi connectivity index (χ2n) is 4.75. The van der Waals surface area contributed by atoms with E-state index in [1.807, 2.05) is 4.68 Å². The van der Waals surface area contributed by atoms with E-state index in [2.05, 4.69) is 10.3 Å². The molecule has 0 saturated heterocycles. The molecule has 0 aliphatic heterocycles. The molecule has 1 fully saturated rings. The van der Waals surface area contributed by atoms with E-state index in [1.54, 1.807) is 7.11 Å². The molecule has 1 heterocycles. The van der Waals surface area contributed by atoms with Crippen molar-refractivity contribution >= 4 is 5.91 Å². The van der Waals surface area contributed by atoms with Crippen LogP contribution in [0, 0.1) is 0 Å². The Balaban J connectivity index is 2.21. The van der Waals surface area contributed by atoms with Gasteiger partial charge in [0.2, 0.25) is 5.91 Å². The van der Waals surface area contributed by atoms with E-state index < -0.39 is 0 Å². The van der Waals surface area contributed by atoms with Crippen molar-refractivity contribution in [3.05, 3.63) is 11.4 Å². The van der Waals surface area contributed by atoms with Gasteiger partial charge in [-0.15, -0.1) is 5.10 Å². The summed E-state index contributed by atoms with van der Waals surface area (Å²) in [6.45, 7) is 0.603. The van der Waals surface area contributed by atoms with Crippen LogP contribution in [0.4, 0.5) is 0 Å². The van der Waals surface area contributed by atoms with Gasteiger partial charge in [0.05, 0.1) is 30.5 Å². The minimum absolute atomic E-state index is 0.158. The Labute approximate surface area is 106 Å². The third-order valence-corrected chi connectivity index (χ3v) is 3.43. The van der Waals surface area contributed by atoms with Crippen molar-refractivity contribution in [2.75, 3.05) is 13.7 Å². The highest BCUT2D eigenvalue weighted by Crippen LogP contribution is 2.30. The number of hydrogen-bond donors (Lipinski definition) is 1. The largest absolute Gasteiger partial charge is 0.384 e. The molecule has 1 aromatic heterocycles. The highest BCUT2D eigenvalue weighted by molar-refractivity contribution is 5.76. The zero-order valence-electron chi connectivity index (χ0n) is 10.8. The van der Waals surface area contributed by atoms with Crippen LogP contribution in [0.15, 0.2) is 0 Å². The summed E-state index contributed by atoms with van der Waals surface area (Å²) in [6.07, 6.45) is 5.63. The lowest BCUT2D eigenvalue weighted by molar-refractivity contribution is -0.117. The smallest absolute Gasteiger partial charge is 0.223 e. The van der Waals surface area contributed by atoms with Crippen molar-refractivity contribution in [1.82, 2.24) is 15.0 Å². The zero-order chi connectivity index (χ0) is 13.0. The van der Waals surface area contributed by atoms with Gasteiger partial charge in [0, 0.05) is 13.5 Å². The molecule has 6 heteroatoms. The lowest BCUT2D eigenvalue weighted by Gasteiger charge is -2.13. The van der Waals surface area contributed by atoms with Crippen LogP contribution in [0.2, 0.25) is 0 Å². The van der Waals surface area contributed by atoms with E-state index in [4.69, 9.17) is 10.5 Å². The molecule has 0 atom stereocenters. The Morgan fingerprint density at radius 2 is 2.22 bits per heavy atom. The first-order valence-corrected chi connectivity index (χ1v) is 6.42. The maximum Gasteiger partial charge on any atom is 0.223 e. The van der Waals surface area contributed by atoms with Crippen molar-refractivity contribution in [2.24, 2.45) is 5.73 Å². The van der Waals surface area contributed by atoms with Gasteiger partial charge in [-0.3, -0.25) is 4.79 Å². The van der Waals surface area contributed by atoms with Gasteiger partial charge in [0.25, 0.3) is 0 Å². The zero-order valence-corrected chi connectivity index (χ0v) is 10.8. The van der Waals surface area contributed by atoms with Crippen molar-refractivity contribution in [1.29, 1.82) is 0 Å². The number of rotatable bonds is 6. The average Bonchev–Trinajstić information content (AvgIpc) is 2.94. The van der Waals surface area contributed by atoms with Crippen LogP contribution >= 0.6 is 0 Å². The summed E-state index contributed by atoms with van der Waals surface area (Å²) in [7, 11) is 1.66. The summed E-state index contributed by atoms with van der Waals surface area (Å²) in [6, 6.07) is 0.422. The van der Waals surface area contributed by atoms with Gasteiger partial charge in [-0.2, -0.15) is 0 Å². The van der Waals surface area contributed by atoms with Gasteiger partial charge in [0.1, 0.15) is 0 Å². The van der Waals surface area contributed by atoms with Crippen LogP contribution in [0.3, 0.4) is 0 Å². The molecule has 6 nitrogen and oxygen atoms in total. The molecular weight excluding hydrogens is 232 g/mol. The molecule has 100 valence electrons. The van der Waals surface area contributed by atoms with E-state index in [-0.39, 0.29) is 12.3 Å². The van der Waals surface area contributed by atoms with Crippen LogP contribution in [0.1, 0.15) is 43.1 Å². The number of amides is 1. The van der Waals surface area contributed by atoms with Crippen molar-refractivity contribution in [2.45, 2.75) is 44.6 Å². The number of nitrogens with zero attached hydrogens (tertiary/aromatic N) is 3. The molecular formula is C12H20N4O2. The van der Waals surface area contributed by atoms with E-state index in [0.717, 1.165) is 25.0 Å². The average molecular weight is 252 g/mol. The van der Waals surface area contributed by atoms with Gasteiger partial charge in [-0.25, -0.2) is 4.68 Å². The highest BCUT2D eigenvalue weighted by Gasteiger charge is 2.23. The second kappa shape index (κ2) is 5.95. The molecule has 2 rings (SSSR count). The maximum absolute atomic E-state index is 11.0. The minimum atomic E-state index is -0.368. The van der Waals surface area contributed by atoms with Crippen LogP contribution in [0.25, 0.3) is 0 Å². The molecule has 0 radical (unpaired) electrons. The maximum atomic E-state index is 11.0.